The van der Waals surface area contributed by atoms with Crippen molar-refractivity contribution in [2.45, 2.75) is 43.9 Å². The summed E-state index contributed by atoms with van der Waals surface area (Å²) in [7, 11) is 0. The van der Waals surface area contributed by atoms with E-state index in [9.17, 15) is 5.11 Å². The van der Waals surface area contributed by atoms with Gasteiger partial charge in [0.25, 0.3) is 0 Å². The summed E-state index contributed by atoms with van der Waals surface area (Å²) < 4.78 is 2.14. The maximum atomic E-state index is 9.88. The van der Waals surface area contributed by atoms with Gasteiger partial charge < -0.3 is 10.4 Å². The van der Waals surface area contributed by atoms with Crippen LogP contribution in [0.25, 0.3) is 0 Å². The number of aliphatic hydroxyl groups is 1. The molecule has 128 valence electrons. The lowest BCUT2D eigenvalue weighted by Gasteiger charge is -2.16. The molecule has 2 N–H and O–H groups in total. The van der Waals surface area contributed by atoms with Crippen molar-refractivity contribution in [3.63, 3.8) is 0 Å². The standard InChI is InChI=1S/C18H24N4OS/c1-24-7-6-17-20-18(16-10-15(23)11-19-16)22(21-17)14-8-12-4-2-3-5-13(12)9-14/h2-5,14-16,19,23H,6-11H2,1H3/t15-,16+/m1/s1. The van der Waals surface area contributed by atoms with Crippen LogP contribution in [0.15, 0.2) is 24.3 Å². The van der Waals surface area contributed by atoms with E-state index >= 15 is 0 Å². The summed E-state index contributed by atoms with van der Waals surface area (Å²) >= 11 is 1.82. The third-order valence-electron chi connectivity index (χ3n) is 5.03. The quantitative estimate of drug-likeness (QED) is 0.868. The average molecular weight is 344 g/mol. The van der Waals surface area contributed by atoms with Crippen LogP contribution in [-0.2, 0) is 19.3 Å². The number of aromatic nitrogens is 3. The third kappa shape index (κ3) is 3.10. The minimum Gasteiger partial charge on any atom is -0.392 e. The topological polar surface area (TPSA) is 63.0 Å². The van der Waals surface area contributed by atoms with Crippen LogP contribution in [0.4, 0.5) is 0 Å². The lowest BCUT2D eigenvalue weighted by atomic mass is 10.1. The van der Waals surface area contributed by atoms with E-state index in [1.165, 1.54) is 11.1 Å². The minimum atomic E-state index is -0.282. The van der Waals surface area contributed by atoms with Gasteiger partial charge in [0.1, 0.15) is 5.82 Å². The number of fused-ring (bicyclic) bond motifs is 1. The van der Waals surface area contributed by atoms with Crippen molar-refractivity contribution in [3.05, 3.63) is 47.0 Å². The number of rotatable bonds is 5. The second kappa shape index (κ2) is 6.86. The summed E-state index contributed by atoms with van der Waals surface area (Å²) in [5.74, 6) is 2.97. The Kier molecular flexibility index (Phi) is 4.61. The van der Waals surface area contributed by atoms with E-state index in [0.717, 1.165) is 43.1 Å². The molecule has 5 nitrogen and oxygen atoms in total. The van der Waals surface area contributed by atoms with E-state index in [-0.39, 0.29) is 12.1 Å². The summed E-state index contributed by atoms with van der Waals surface area (Å²) in [6.45, 7) is 0.641. The smallest absolute Gasteiger partial charge is 0.151 e. The van der Waals surface area contributed by atoms with Crippen molar-refractivity contribution < 1.29 is 5.11 Å². The summed E-state index contributed by atoms with van der Waals surface area (Å²) in [6, 6.07) is 9.12. The maximum absolute atomic E-state index is 9.88. The second-order valence-electron chi connectivity index (χ2n) is 6.75. The van der Waals surface area contributed by atoms with Gasteiger partial charge in [-0.15, -0.1) is 0 Å². The van der Waals surface area contributed by atoms with Gasteiger partial charge >= 0.3 is 0 Å². The molecule has 2 heterocycles. The fourth-order valence-corrected chi connectivity index (χ4v) is 4.20. The Labute approximate surface area is 146 Å². The number of nitrogens with one attached hydrogen (secondary N) is 1. The molecule has 6 heteroatoms. The summed E-state index contributed by atoms with van der Waals surface area (Å²) in [6.07, 6.45) is 5.49. The first-order valence-electron chi connectivity index (χ1n) is 8.67. The van der Waals surface area contributed by atoms with Gasteiger partial charge in [-0.25, -0.2) is 9.67 Å². The highest BCUT2D eigenvalue weighted by molar-refractivity contribution is 7.98. The Balaban J connectivity index is 1.62. The van der Waals surface area contributed by atoms with Gasteiger partial charge in [0, 0.05) is 18.7 Å². The molecule has 0 saturated carbocycles. The summed E-state index contributed by atoms with van der Waals surface area (Å²) in [5, 5.41) is 18.1. The van der Waals surface area contributed by atoms with Gasteiger partial charge in [-0.05, 0) is 36.6 Å². The van der Waals surface area contributed by atoms with E-state index in [1.54, 1.807) is 0 Å². The largest absolute Gasteiger partial charge is 0.392 e. The molecule has 0 spiro atoms. The molecular formula is C18H24N4OS. The van der Waals surface area contributed by atoms with Gasteiger partial charge in [-0.3, -0.25) is 0 Å². The minimum absolute atomic E-state index is 0.110. The highest BCUT2D eigenvalue weighted by Crippen LogP contribution is 2.33. The number of β-amino-alcohol motifs (C(OH)–C–C–N with tert-alkyl or cyclic N) is 1. The number of hydrogen-bond acceptors (Lipinski definition) is 5. The Morgan fingerprint density at radius 3 is 2.67 bits per heavy atom. The molecule has 0 amide bonds. The normalized spacial score (nSPS) is 23.8. The highest BCUT2D eigenvalue weighted by Gasteiger charge is 2.32. The van der Waals surface area contributed by atoms with Gasteiger partial charge in [-0.2, -0.15) is 16.9 Å². The van der Waals surface area contributed by atoms with E-state index in [1.807, 2.05) is 11.8 Å². The van der Waals surface area contributed by atoms with Crippen LogP contribution in [0.1, 0.15) is 41.3 Å². The van der Waals surface area contributed by atoms with Crippen molar-refractivity contribution in [2.75, 3.05) is 18.6 Å². The Morgan fingerprint density at radius 2 is 2.04 bits per heavy atom. The Morgan fingerprint density at radius 1 is 1.29 bits per heavy atom. The molecule has 1 aromatic carbocycles. The molecule has 1 aliphatic heterocycles. The van der Waals surface area contributed by atoms with Crippen LogP contribution in [-0.4, -0.2) is 44.5 Å². The lowest BCUT2D eigenvalue weighted by molar-refractivity contribution is 0.192. The zero-order valence-electron chi connectivity index (χ0n) is 14.0. The first-order valence-corrected chi connectivity index (χ1v) is 10.1. The second-order valence-corrected chi connectivity index (χ2v) is 7.74. The van der Waals surface area contributed by atoms with E-state index < -0.39 is 0 Å². The van der Waals surface area contributed by atoms with Crippen molar-refractivity contribution in [1.82, 2.24) is 20.1 Å². The van der Waals surface area contributed by atoms with Crippen LogP contribution in [0.2, 0.25) is 0 Å². The van der Waals surface area contributed by atoms with Crippen molar-refractivity contribution >= 4 is 11.8 Å². The zero-order chi connectivity index (χ0) is 16.5. The molecule has 0 unspecified atom stereocenters. The molecule has 1 aromatic heterocycles. The summed E-state index contributed by atoms with van der Waals surface area (Å²) in [4.78, 5) is 4.84. The van der Waals surface area contributed by atoms with Crippen LogP contribution in [0.3, 0.4) is 0 Å². The van der Waals surface area contributed by atoms with E-state index in [0.29, 0.717) is 12.6 Å². The lowest BCUT2D eigenvalue weighted by Crippen LogP contribution is -2.22. The van der Waals surface area contributed by atoms with E-state index in [4.69, 9.17) is 10.1 Å². The molecule has 24 heavy (non-hydrogen) atoms. The Hall–Kier alpha value is -1.37. The van der Waals surface area contributed by atoms with Gasteiger partial charge in [0.15, 0.2) is 5.82 Å². The first kappa shape index (κ1) is 16.1. The van der Waals surface area contributed by atoms with Crippen molar-refractivity contribution in [1.29, 1.82) is 0 Å². The number of aliphatic hydroxyl groups excluding tert-OH is 1. The van der Waals surface area contributed by atoms with Gasteiger partial charge in [0.05, 0.1) is 18.2 Å². The molecule has 1 saturated heterocycles. The van der Waals surface area contributed by atoms with Gasteiger partial charge in [0.2, 0.25) is 0 Å². The molecule has 2 aliphatic rings. The summed E-state index contributed by atoms with van der Waals surface area (Å²) in [5.41, 5.74) is 2.85. The average Bonchev–Trinajstić information content (AvgIpc) is 3.29. The zero-order valence-corrected chi connectivity index (χ0v) is 14.8. The SMILES string of the molecule is CSCCc1nc([C@@H]2C[C@@H](O)CN2)n(C2Cc3ccccc3C2)n1. The third-order valence-corrected chi connectivity index (χ3v) is 5.64. The first-order chi connectivity index (χ1) is 11.7. The number of nitrogens with zero attached hydrogens (tertiary/aromatic N) is 3. The molecule has 0 radical (unpaired) electrons. The number of benzene rings is 1. The number of aryl methyl sites for hydroxylation is 1. The molecule has 1 fully saturated rings. The molecule has 2 atom stereocenters. The fraction of sp³-hybridized carbons (Fsp3) is 0.556. The predicted molar refractivity (Wildman–Crippen MR) is 96.4 cm³/mol. The fourth-order valence-electron chi connectivity index (χ4n) is 3.81. The molecule has 1 aliphatic carbocycles. The Bertz CT molecular complexity index is 692. The number of hydrogen-bond donors (Lipinski definition) is 2. The van der Waals surface area contributed by atoms with E-state index in [2.05, 4.69) is 40.5 Å². The number of thioether (sulfide) groups is 1. The highest BCUT2D eigenvalue weighted by atomic mass is 32.2. The van der Waals surface area contributed by atoms with Crippen LogP contribution < -0.4 is 5.32 Å². The molecular weight excluding hydrogens is 320 g/mol. The molecule has 0 bridgehead atoms. The van der Waals surface area contributed by atoms with Crippen molar-refractivity contribution in [3.8, 4) is 0 Å². The van der Waals surface area contributed by atoms with Crippen molar-refractivity contribution in [2.24, 2.45) is 0 Å². The monoisotopic (exact) mass is 344 g/mol. The maximum Gasteiger partial charge on any atom is 0.151 e. The molecule has 4 rings (SSSR count). The molecule has 2 aromatic rings. The predicted octanol–water partition coefficient (Wildman–Crippen LogP) is 1.92. The van der Waals surface area contributed by atoms with Crippen LogP contribution >= 0.6 is 11.8 Å². The van der Waals surface area contributed by atoms with Crippen LogP contribution in [0.5, 0.6) is 0 Å². The van der Waals surface area contributed by atoms with Crippen LogP contribution in [0, 0.1) is 0 Å². The van der Waals surface area contributed by atoms with Gasteiger partial charge in [-0.1, -0.05) is 24.3 Å².